The molecule has 4 aromatic rings. The quantitative estimate of drug-likeness (QED) is 0.430. The maximum absolute atomic E-state index is 13.4. The lowest BCUT2D eigenvalue weighted by Crippen LogP contribution is -2.43. The number of nitrogens with one attached hydrogen (secondary N) is 1. The molecular formula is C23H22F4N8. The van der Waals surface area contributed by atoms with Crippen molar-refractivity contribution in [3.63, 3.8) is 0 Å². The Balaban J connectivity index is 1.30. The van der Waals surface area contributed by atoms with Crippen LogP contribution >= 0.6 is 0 Å². The Hall–Kier alpha value is -3.67. The molecule has 1 fully saturated rings. The van der Waals surface area contributed by atoms with Gasteiger partial charge in [0.25, 0.3) is 0 Å². The Labute approximate surface area is 198 Å². The lowest BCUT2D eigenvalue weighted by atomic mass is 10.0. The number of nitrogens with zero attached hydrogens (tertiary/aromatic N) is 7. The first-order chi connectivity index (χ1) is 16.8. The van der Waals surface area contributed by atoms with Crippen molar-refractivity contribution >= 4 is 16.6 Å². The van der Waals surface area contributed by atoms with Gasteiger partial charge in [0.2, 0.25) is 0 Å². The van der Waals surface area contributed by atoms with Crippen LogP contribution < -0.4 is 10.2 Å². The van der Waals surface area contributed by atoms with Gasteiger partial charge < -0.3 is 10.2 Å². The van der Waals surface area contributed by atoms with Gasteiger partial charge in [-0.2, -0.15) is 28.5 Å². The topological polar surface area (TPSA) is 84.7 Å². The standard InChI is InChI=1S/C23H22F4N8/c1-34-20(4-7-31-34)21-17-12-29-30-13-18(17)22(33-32-21)35-8-5-16(6-9-35)28-11-14-2-3-15(24)10-19(14)23(25,26)27/h2-4,7,10,12-13,16,28H,5-6,8-9,11H2,1H3. The summed E-state index contributed by atoms with van der Waals surface area (Å²) in [5.41, 5.74) is 0.556. The smallest absolute Gasteiger partial charge is 0.354 e. The van der Waals surface area contributed by atoms with Gasteiger partial charge >= 0.3 is 6.18 Å². The van der Waals surface area contributed by atoms with Crippen LogP contribution in [0.15, 0.2) is 42.9 Å². The predicted octanol–water partition coefficient (Wildman–Crippen LogP) is 3.74. The Morgan fingerprint density at radius 1 is 1.03 bits per heavy atom. The van der Waals surface area contributed by atoms with Gasteiger partial charge in [0.1, 0.15) is 11.5 Å². The fourth-order valence-electron chi connectivity index (χ4n) is 4.44. The third-order valence-corrected chi connectivity index (χ3v) is 6.29. The van der Waals surface area contributed by atoms with Gasteiger partial charge in [-0.1, -0.05) is 6.07 Å². The number of halogens is 4. The second-order valence-corrected chi connectivity index (χ2v) is 8.47. The SMILES string of the molecule is Cn1nccc1-c1nnc(N2CCC(NCc3ccc(F)cc3C(F)(F)F)CC2)c2cnncc12. The highest BCUT2D eigenvalue weighted by atomic mass is 19.4. The predicted molar refractivity (Wildman–Crippen MR) is 121 cm³/mol. The van der Waals surface area contributed by atoms with E-state index in [0.29, 0.717) is 43.5 Å². The van der Waals surface area contributed by atoms with Crippen LogP contribution in [0.3, 0.4) is 0 Å². The van der Waals surface area contributed by atoms with E-state index in [4.69, 9.17) is 0 Å². The lowest BCUT2D eigenvalue weighted by Gasteiger charge is -2.33. The molecule has 3 aromatic heterocycles. The van der Waals surface area contributed by atoms with Gasteiger partial charge in [0.15, 0.2) is 5.82 Å². The minimum absolute atomic E-state index is 0.0114. The molecule has 0 radical (unpaired) electrons. The van der Waals surface area contributed by atoms with Crippen molar-refractivity contribution in [1.82, 2.24) is 35.5 Å². The summed E-state index contributed by atoms with van der Waals surface area (Å²) in [4.78, 5) is 2.10. The molecule has 5 rings (SSSR count). The van der Waals surface area contributed by atoms with E-state index in [-0.39, 0.29) is 18.2 Å². The van der Waals surface area contributed by atoms with E-state index in [9.17, 15) is 17.6 Å². The van der Waals surface area contributed by atoms with Crippen LogP contribution in [0.2, 0.25) is 0 Å². The number of anilines is 1. The molecule has 0 spiro atoms. The molecule has 0 bridgehead atoms. The van der Waals surface area contributed by atoms with Crippen LogP contribution in [-0.2, 0) is 19.8 Å². The zero-order valence-corrected chi connectivity index (χ0v) is 18.8. The van der Waals surface area contributed by atoms with Crippen LogP contribution in [0.25, 0.3) is 22.2 Å². The van der Waals surface area contributed by atoms with E-state index in [1.54, 1.807) is 23.3 Å². The molecule has 1 aromatic carbocycles. The molecule has 4 heterocycles. The van der Waals surface area contributed by atoms with Crippen LogP contribution in [0, 0.1) is 5.82 Å². The first kappa shape index (κ1) is 23.1. The molecule has 1 saturated heterocycles. The van der Waals surface area contributed by atoms with E-state index in [1.807, 2.05) is 13.1 Å². The number of fused-ring (bicyclic) bond motifs is 1. The number of benzene rings is 1. The molecule has 0 unspecified atom stereocenters. The second-order valence-electron chi connectivity index (χ2n) is 8.47. The number of piperidine rings is 1. The summed E-state index contributed by atoms with van der Waals surface area (Å²) in [5.74, 6) is -0.209. The average molecular weight is 486 g/mol. The van der Waals surface area contributed by atoms with Gasteiger partial charge in [0, 0.05) is 44.3 Å². The van der Waals surface area contributed by atoms with E-state index >= 15 is 0 Å². The maximum Gasteiger partial charge on any atom is 0.416 e. The van der Waals surface area contributed by atoms with Gasteiger partial charge in [-0.15, -0.1) is 10.2 Å². The molecule has 1 N–H and O–H groups in total. The maximum atomic E-state index is 13.4. The zero-order chi connectivity index (χ0) is 24.6. The first-order valence-electron chi connectivity index (χ1n) is 11.1. The normalized spacial score (nSPS) is 15.2. The summed E-state index contributed by atoms with van der Waals surface area (Å²) >= 11 is 0. The third-order valence-electron chi connectivity index (χ3n) is 6.29. The largest absolute Gasteiger partial charge is 0.416 e. The summed E-state index contributed by atoms with van der Waals surface area (Å²) < 4.78 is 54.9. The summed E-state index contributed by atoms with van der Waals surface area (Å²) in [6.45, 7) is 1.30. The molecule has 0 aliphatic carbocycles. The number of rotatable bonds is 5. The fraction of sp³-hybridized carbons (Fsp3) is 0.348. The number of aromatic nitrogens is 6. The molecule has 1 aliphatic rings. The van der Waals surface area contributed by atoms with E-state index in [2.05, 4.69) is 35.7 Å². The monoisotopic (exact) mass is 486 g/mol. The minimum Gasteiger partial charge on any atom is -0.354 e. The molecule has 12 heteroatoms. The number of hydrogen-bond acceptors (Lipinski definition) is 7. The highest BCUT2D eigenvalue weighted by molar-refractivity contribution is 5.98. The minimum atomic E-state index is -4.60. The van der Waals surface area contributed by atoms with Crippen LogP contribution in [0.1, 0.15) is 24.0 Å². The fourth-order valence-corrected chi connectivity index (χ4v) is 4.44. The molecule has 182 valence electrons. The number of hydrogen-bond donors (Lipinski definition) is 1. The number of aryl methyl sites for hydroxylation is 1. The molecule has 35 heavy (non-hydrogen) atoms. The summed E-state index contributed by atoms with van der Waals surface area (Å²) in [7, 11) is 1.83. The Morgan fingerprint density at radius 2 is 1.77 bits per heavy atom. The third kappa shape index (κ3) is 4.65. The summed E-state index contributed by atoms with van der Waals surface area (Å²) in [6, 6.07) is 4.65. The summed E-state index contributed by atoms with van der Waals surface area (Å²) in [6.07, 6.45) is 1.81. The van der Waals surface area contributed by atoms with Crippen molar-refractivity contribution in [2.45, 2.75) is 31.6 Å². The van der Waals surface area contributed by atoms with Gasteiger partial charge in [0.05, 0.1) is 29.0 Å². The van der Waals surface area contributed by atoms with Crippen LogP contribution in [-0.4, -0.2) is 49.3 Å². The molecule has 8 nitrogen and oxygen atoms in total. The lowest BCUT2D eigenvalue weighted by molar-refractivity contribution is -0.138. The number of alkyl halides is 3. The summed E-state index contributed by atoms with van der Waals surface area (Å²) in [5, 5.41) is 26.0. The van der Waals surface area contributed by atoms with Crippen molar-refractivity contribution in [3.8, 4) is 11.4 Å². The Morgan fingerprint density at radius 3 is 2.46 bits per heavy atom. The molecule has 0 saturated carbocycles. The highest BCUT2D eigenvalue weighted by Crippen LogP contribution is 2.33. The van der Waals surface area contributed by atoms with Gasteiger partial charge in [-0.25, -0.2) is 4.39 Å². The van der Waals surface area contributed by atoms with Gasteiger partial charge in [-0.05, 0) is 36.6 Å². The van der Waals surface area contributed by atoms with Crippen molar-refractivity contribution in [2.24, 2.45) is 7.05 Å². The highest BCUT2D eigenvalue weighted by Gasteiger charge is 2.34. The van der Waals surface area contributed by atoms with E-state index in [0.717, 1.165) is 22.5 Å². The molecule has 0 atom stereocenters. The Bertz CT molecular complexity index is 1350. The van der Waals surface area contributed by atoms with Gasteiger partial charge in [-0.3, -0.25) is 4.68 Å². The van der Waals surface area contributed by atoms with Crippen molar-refractivity contribution in [2.75, 3.05) is 18.0 Å². The molecule has 1 aliphatic heterocycles. The second kappa shape index (κ2) is 9.17. The first-order valence-corrected chi connectivity index (χ1v) is 11.1. The van der Waals surface area contributed by atoms with E-state index < -0.39 is 17.6 Å². The molecule has 0 amide bonds. The average Bonchev–Trinajstić information content (AvgIpc) is 3.28. The van der Waals surface area contributed by atoms with Crippen molar-refractivity contribution in [3.05, 3.63) is 59.8 Å². The molecular weight excluding hydrogens is 464 g/mol. The van der Waals surface area contributed by atoms with Crippen LogP contribution in [0.5, 0.6) is 0 Å². The zero-order valence-electron chi connectivity index (χ0n) is 18.8. The van der Waals surface area contributed by atoms with Crippen molar-refractivity contribution < 1.29 is 17.6 Å². The van der Waals surface area contributed by atoms with Crippen molar-refractivity contribution in [1.29, 1.82) is 0 Å². The van der Waals surface area contributed by atoms with Crippen LogP contribution in [0.4, 0.5) is 23.4 Å². The van der Waals surface area contributed by atoms with E-state index in [1.165, 1.54) is 6.07 Å². The Kier molecular flexibility index (Phi) is 6.05.